The number of carboxylic acid groups (broad SMARTS) is 1. The Kier molecular flexibility index (Phi) is 17.6. The molecule has 0 bridgehead atoms. The van der Waals surface area contributed by atoms with E-state index in [1.807, 2.05) is 0 Å². The van der Waals surface area contributed by atoms with Crippen LogP contribution in [0.15, 0.2) is 11.3 Å². The summed E-state index contributed by atoms with van der Waals surface area (Å²) in [6, 6.07) is 0. The van der Waals surface area contributed by atoms with E-state index in [4.69, 9.17) is 9.47 Å². The van der Waals surface area contributed by atoms with Gasteiger partial charge in [0.05, 0.1) is 11.7 Å². The molecule has 1 fully saturated rings. The van der Waals surface area contributed by atoms with Gasteiger partial charge in [-0.3, -0.25) is 0 Å². The number of aliphatic carboxylic acids is 1. The summed E-state index contributed by atoms with van der Waals surface area (Å²) in [5.41, 5.74) is 0.159. The Hall–Kier alpha value is -1.07. The molecule has 1 aliphatic heterocycles. The number of unbranched alkanes of at least 4 members (excludes halogenated alkanes) is 11. The Morgan fingerprint density at radius 3 is 2.03 bits per heavy atom. The third-order valence-electron chi connectivity index (χ3n) is 6.42. The fourth-order valence-corrected chi connectivity index (χ4v) is 4.38. The number of rotatable bonds is 20. The van der Waals surface area contributed by atoms with Gasteiger partial charge in [-0.2, -0.15) is 0 Å². The molecule has 0 aromatic carbocycles. The molecule has 1 rings (SSSR count). The van der Waals surface area contributed by atoms with Crippen LogP contribution in [0.25, 0.3) is 0 Å². The highest BCUT2D eigenvalue weighted by molar-refractivity contribution is 5.87. The Bertz CT molecular complexity index is 496. The van der Waals surface area contributed by atoms with Crippen molar-refractivity contribution in [1.29, 1.82) is 0 Å². The lowest BCUT2D eigenvalue weighted by molar-refractivity contribution is -0.190. The second-order valence-corrected chi connectivity index (χ2v) is 9.42. The summed E-state index contributed by atoms with van der Waals surface area (Å²) < 4.78 is 11.9. The summed E-state index contributed by atoms with van der Waals surface area (Å²) in [5, 5.41) is 20.3. The molecule has 2 atom stereocenters. The molecular weight excluding hydrogens is 404 g/mol. The number of carbonyl (C=O) groups is 1. The summed E-state index contributed by atoms with van der Waals surface area (Å²) in [6.07, 6.45) is 19.5. The molecule has 32 heavy (non-hydrogen) atoms. The SMILES string of the molecule is CCCCCCCCCCCC(CC(O)=C(CCCCCC)C(=O)O)OC1CCCCO1. The lowest BCUT2D eigenvalue weighted by Crippen LogP contribution is -2.28. The fraction of sp³-hybridized carbons (Fsp3) is 0.889. The molecule has 1 heterocycles. The maximum atomic E-state index is 11.7. The van der Waals surface area contributed by atoms with Gasteiger partial charge >= 0.3 is 5.97 Å². The number of ether oxygens (including phenoxy) is 2. The lowest BCUT2D eigenvalue weighted by Gasteiger charge is -2.28. The van der Waals surface area contributed by atoms with Crippen molar-refractivity contribution in [2.75, 3.05) is 6.61 Å². The van der Waals surface area contributed by atoms with E-state index in [1.165, 1.54) is 44.9 Å². The van der Waals surface area contributed by atoms with Gasteiger partial charge in [0, 0.05) is 13.0 Å². The molecule has 2 unspecified atom stereocenters. The molecule has 0 saturated carbocycles. The highest BCUT2D eigenvalue weighted by Gasteiger charge is 2.23. The second kappa shape index (κ2) is 19.4. The van der Waals surface area contributed by atoms with E-state index in [1.54, 1.807) is 0 Å². The van der Waals surface area contributed by atoms with Crippen LogP contribution in [0.4, 0.5) is 0 Å². The van der Waals surface area contributed by atoms with Crippen LogP contribution < -0.4 is 0 Å². The summed E-state index contributed by atoms with van der Waals surface area (Å²) in [6.45, 7) is 5.10. The van der Waals surface area contributed by atoms with Gasteiger partial charge < -0.3 is 19.7 Å². The zero-order chi connectivity index (χ0) is 23.4. The van der Waals surface area contributed by atoms with Crippen molar-refractivity contribution in [3.63, 3.8) is 0 Å². The second-order valence-electron chi connectivity index (χ2n) is 9.42. The first kappa shape index (κ1) is 29.0. The first-order chi connectivity index (χ1) is 15.6. The number of carboxylic acids is 1. The van der Waals surface area contributed by atoms with Crippen molar-refractivity contribution < 1.29 is 24.5 Å². The molecule has 1 aliphatic rings. The third-order valence-corrected chi connectivity index (χ3v) is 6.42. The fourth-order valence-electron chi connectivity index (χ4n) is 4.38. The van der Waals surface area contributed by atoms with E-state index >= 15 is 0 Å². The molecule has 0 radical (unpaired) electrons. The summed E-state index contributed by atoms with van der Waals surface area (Å²) in [5.74, 6) is -1.01. The Labute approximate surface area is 197 Å². The number of hydrogen-bond acceptors (Lipinski definition) is 4. The Morgan fingerprint density at radius 1 is 0.875 bits per heavy atom. The molecule has 2 N–H and O–H groups in total. The molecule has 5 heteroatoms. The maximum Gasteiger partial charge on any atom is 0.334 e. The molecule has 1 saturated heterocycles. The minimum absolute atomic E-state index is 0.00858. The summed E-state index contributed by atoms with van der Waals surface area (Å²) in [4.78, 5) is 11.7. The molecule has 0 spiro atoms. The molecular formula is C27H50O5. The van der Waals surface area contributed by atoms with E-state index in [-0.39, 0.29) is 30.1 Å². The number of hydrogen-bond donors (Lipinski definition) is 2. The third kappa shape index (κ3) is 14.2. The van der Waals surface area contributed by atoms with Gasteiger partial charge in [0.1, 0.15) is 5.76 Å². The topological polar surface area (TPSA) is 76.0 Å². The number of aliphatic hydroxyl groups is 1. The smallest absolute Gasteiger partial charge is 0.334 e. The van der Waals surface area contributed by atoms with Gasteiger partial charge in [-0.05, 0) is 38.5 Å². The molecule has 0 aromatic heterocycles. The summed E-state index contributed by atoms with van der Waals surface area (Å²) >= 11 is 0. The molecule has 0 amide bonds. The van der Waals surface area contributed by atoms with Crippen LogP contribution in [-0.4, -0.2) is 35.2 Å². The molecule has 0 aliphatic carbocycles. The van der Waals surface area contributed by atoms with Gasteiger partial charge in [-0.25, -0.2) is 4.79 Å². The highest BCUT2D eigenvalue weighted by atomic mass is 16.7. The average Bonchev–Trinajstić information content (AvgIpc) is 2.78. The van der Waals surface area contributed by atoms with Crippen LogP contribution in [0.3, 0.4) is 0 Å². The molecule has 5 nitrogen and oxygen atoms in total. The van der Waals surface area contributed by atoms with Crippen molar-refractivity contribution in [1.82, 2.24) is 0 Å². The zero-order valence-corrected chi connectivity index (χ0v) is 20.9. The van der Waals surface area contributed by atoms with Gasteiger partial charge in [0.25, 0.3) is 0 Å². The largest absolute Gasteiger partial charge is 0.512 e. The molecule has 188 valence electrons. The standard InChI is InChI=1S/C27H50O5/c1-3-5-7-9-10-11-12-13-14-18-23(32-26-20-16-17-21-31-26)22-25(28)24(27(29)30)19-15-8-6-4-2/h23,26,28H,3-22H2,1-2H3,(H,29,30). The zero-order valence-electron chi connectivity index (χ0n) is 20.9. The van der Waals surface area contributed by atoms with Crippen molar-refractivity contribution in [2.24, 2.45) is 0 Å². The Morgan fingerprint density at radius 2 is 1.47 bits per heavy atom. The minimum atomic E-state index is -1.00. The minimum Gasteiger partial charge on any atom is -0.512 e. The van der Waals surface area contributed by atoms with Gasteiger partial charge in [-0.15, -0.1) is 0 Å². The van der Waals surface area contributed by atoms with Gasteiger partial charge in [-0.1, -0.05) is 90.9 Å². The summed E-state index contributed by atoms with van der Waals surface area (Å²) in [7, 11) is 0. The van der Waals surface area contributed by atoms with Crippen molar-refractivity contribution in [2.45, 2.75) is 148 Å². The lowest BCUT2D eigenvalue weighted by atomic mass is 10.00. The van der Waals surface area contributed by atoms with Crippen LogP contribution in [0, 0.1) is 0 Å². The predicted octanol–water partition coefficient (Wildman–Crippen LogP) is 8.08. The van der Waals surface area contributed by atoms with Crippen LogP contribution >= 0.6 is 0 Å². The normalized spacial score (nSPS) is 18.4. The van der Waals surface area contributed by atoms with E-state index < -0.39 is 5.97 Å². The quantitative estimate of drug-likeness (QED) is 0.110. The van der Waals surface area contributed by atoms with Gasteiger partial charge in [0.2, 0.25) is 0 Å². The highest BCUT2D eigenvalue weighted by Crippen LogP contribution is 2.24. The van der Waals surface area contributed by atoms with E-state index in [0.29, 0.717) is 6.42 Å². The van der Waals surface area contributed by atoms with Crippen LogP contribution in [0.1, 0.15) is 136 Å². The monoisotopic (exact) mass is 454 g/mol. The predicted molar refractivity (Wildman–Crippen MR) is 131 cm³/mol. The van der Waals surface area contributed by atoms with E-state index in [2.05, 4.69) is 13.8 Å². The first-order valence-electron chi connectivity index (χ1n) is 13.5. The van der Waals surface area contributed by atoms with Crippen LogP contribution in [-0.2, 0) is 14.3 Å². The first-order valence-corrected chi connectivity index (χ1v) is 13.5. The van der Waals surface area contributed by atoms with E-state index in [0.717, 1.165) is 70.8 Å². The maximum absolute atomic E-state index is 11.7. The molecule has 0 aromatic rings. The van der Waals surface area contributed by atoms with Crippen molar-refractivity contribution >= 4 is 5.97 Å². The van der Waals surface area contributed by atoms with Crippen LogP contribution in [0.2, 0.25) is 0 Å². The van der Waals surface area contributed by atoms with Crippen molar-refractivity contribution in [3.8, 4) is 0 Å². The average molecular weight is 455 g/mol. The van der Waals surface area contributed by atoms with Gasteiger partial charge in [0.15, 0.2) is 6.29 Å². The van der Waals surface area contributed by atoms with Crippen LogP contribution in [0.5, 0.6) is 0 Å². The Balaban J connectivity index is 2.52. The van der Waals surface area contributed by atoms with E-state index in [9.17, 15) is 15.0 Å². The van der Waals surface area contributed by atoms with Crippen molar-refractivity contribution in [3.05, 3.63) is 11.3 Å². The number of aliphatic hydroxyl groups excluding tert-OH is 1.